The Balaban J connectivity index is 1.70. The molecule has 1 amide bonds. The second kappa shape index (κ2) is 9.76. The predicted molar refractivity (Wildman–Crippen MR) is 148 cm³/mol. The molecule has 0 unspecified atom stereocenters. The Hall–Kier alpha value is -4.12. The molecule has 5 rings (SSSR count). The van der Waals surface area contributed by atoms with Gasteiger partial charge in [0.15, 0.2) is 0 Å². The van der Waals surface area contributed by atoms with E-state index in [0.29, 0.717) is 27.0 Å². The molecule has 4 aromatic rings. The smallest absolute Gasteiger partial charge is 0.408 e. The number of amides is 1. The first kappa shape index (κ1) is 28.4. The number of carboxylic acid groups (broad SMARTS) is 1. The van der Waals surface area contributed by atoms with Crippen molar-refractivity contribution in [3.63, 3.8) is 0 Å². The highest BCUT2D eigenvalue weighted by Crippen LogP contribution is 2.50. The van der Waals surface area contributed by atoms with Crippen molar-refractivity contribution in [2.75, 3.05) is 0 Å². The summed E-state index contributed by atoms with van der Waals surface area (Å²) in [5, 5.41) is 20.4. The van der Waals surface area contributed by atoms with Gasteiger partial charge in [0.2, 0.25) is 0 Å². The van der Waals surface area contributed by atoms with Crippen LogP contribution in [0.2, 0.25) is 0 Å². The first-order valence-electron chi connectivity index (χ1n) is 13.2. The van der Waals surface area contributed by atoms with Gasteiger partial charge in [0.1, 0.15) is 18.5 Å². The number of alkyl halides is 3. The number of fused-ring (bicyclic) bond motifs is 1. The van der Waals surface area contributed by atoms with Gasteiger partial charge >= 0.3 is 12.3 Å². The molecule has 0 saturated heterocycles. The molecule has 0 bridgehead atoms. The van der Waals surface area contributed by atoms with Crippen molar-refractivity contribution in [2.45, 2.75) is 63.5 Å². The molecular weight excluding hydrogens is 537 g/mol. The van der Waals surface area contributed by atoms with Crippen LogP contribution in [0.5, 0.6) is 0 Å². The highest BCUT2D eigenvalue weighted by molar-refractivity contribution is 6.02. The maximum Gasteiger partial charge on any atom is 0.408 e. The second-order valence-electron chi connectivity index (χ2n) is 11.6. The van der Waals surface area contributed by atoms with Gasteiger partial charge in [0, 0.05) is 31.0 Å². The normalized spacial score (nSPS) is 19.3. The molecule has 1 saturated carbocycles. The van der Waals surface area contributed by atoms with Crippen LogP contribution >= 0.6 is 0 Å². The number of aliphatic hydroxyl groups is 1. The number of halogens is 3. The van der Waals surface area contributed by atoms with Gasteiger partial charge in [-0.1, -0.05) is 54.6 Å². The lowest BCUT2D eigenvalue weighted by molar-refractivity contribution is -0.141. The van der Waals surface area contributed by atoms with Crippen LogP contribution in [0, 0.1) is 0 Å². The third-order valence-corrected chi connectivity index (χ3v) is 7.70. The fourth-order valence-electron chi connectivity index (χ4n) is 6.19. The van der Waals surface area contributed by atoms with E-state index >= 15 is 0 Å². The zero-order chi connectivity index (χ0) is 29.9. The Morgan fingerprint density at radius 2 is 1.66 bits per heavy atom. The van der Waals surface area contributed by atoms with Crippen LogP contribution in [0.25, 0.3) is 33.4 Å². The number of carbonyl (C=O) groups is 1. The SMILES string of the molecule is Cn1c(-c2ccc([C@]3(N(C(=O)O)C(C)(C)C)C[C@H](O)C3)cc2)c(-c2ccccc2)c2c(=O)n(CC(F)(F)F)cnc21. The minimum absolute atomic E-state index is 0.0768. The van der Waals surface area contributed by atoms with E-state index in [-0.39, 0.29) is 23.9 Å². The number of aryl methyl sites for hydroxylation is 1. The summed E-state index contributed by atoms with van der Waals surface area (Å²) in [7, 11) is 1.70. The molecule has 1 fully saturated rings. The lowest BCUT2D eigenvalue weighted by Gasteiger charge is -2.56. The number of hydrogen-bond acceptors (Lipinski definition) is 4. The molecule has 2 aromatic carbocycles. The standard InChI is InChI=1S/C30H31F3N4O4/c1-28(2,3)37(27(40)41)29(14-21(38)15-29)20-12-10-19(11-13-20)24-22(18-8-6-5-7-9-18)23-25(35(24)4)34-17-36(26(23)39)16-30(31,32)33/h5-13,17,21,38H,14-16H2,1-4H3,(H,40,41)/t21-,29-. The summed E-state index contributed by atoms with van der Waals surface area (Å²) in [6.07, 6.45) is -4.90. The first-order valence-corrected chi connectivity index (χ1v) is 13.2. The lowest BCUT2D eigenvalue weighted by atomic mass is 9.67. The highest BCUT2D eigenvalue weighted by Gasteiger charge is 2.54. The Morgan fingerprint density at radius 1 is 1.05 bits per heavy atom. The van der Waals surface area contributed by atoms with Crippen LogP contribution in [-0.4, -0.2) is 53.1 Å². The maximum absolute atomic E-state index is 13.4. The average molecular weight is 569 g/mol. The van der Waals surface area contributed by atoms with Gasteiger partial charge in [-0.05, 0) is 37.5 Å². The van der Waals surface area contributed by atoms with Gasteiger partial charge in [-0.3, -0.25) is 14.3 Å². The zero-order valence-electron chi connectivity index (χ0n) is 23.1. The van der Waals surface area contributed by atoms with E-state index in [2.05, 4.69) is 4.98 Å². The summed E-state index contributed by atoms with van der Waals surface area (Å²) >= 11 is 0. The number of aliphatic hydroxyl groups excluding tert-OH is 1. The van der Waals surface area contributed by atoms with Gasteiger partial charge in [0.25, 0.3) is 5.56 Å². The number of hydrogen-bond donors (Lipinski definition) is 2. The molecule has 0 radical (unpaired) electrons. The van der Waals surface area contributed by atoms with Crippen molar-refractivity contribution in [1.82, 2.24) is 19.0 Å². The number of rotatable bonds is 5. The van der Waals surface area contributed by atoms with E-state index < -0.39 is 41.6 Å². The van der Waals surface area contributed by atoms with Crippen LogP contribution < -0.4 is 5.56 Å². The van der Waals surface area contributed by atoms with Crippen LogP contribution in [0.15, 0.2) is 65.7 Å². The van der Waals surface area contributed by atoms with Gasteiger partial charge in [-0.25, -0.2) is 9.78 Å². The molecule has 0 aliphatic heterocycles. The van der Waals surface area contributed by atoms with Gasteiger partial charge in [0.05, 0.1) is 22.7 Å². The Bertz CT molecular complexity index is 1660. The summed E-state index contributed by atoms with van der Waals surface area (Å²) < 4.78 is 41.9. The quantitative estimate of drug-likeness (QED) is 0.319. The van der Waals surface area contributed by atoms with Gasteiger partial charge in [-0.15, -0.1) is 0 Å². The summed E-state index contributed by atoms with van der Waals surface area (Å²) in [5.41, 5.74) is 0.866. The van der Waals surface area contributed by atoms with Crippen molar-refractivity contribution in [1.29, 1.82) is 0 Å². The molecule has 41 heavy (non-hydrogen) atoms. The molecule has 1 aliphatic carbocycles. The van der Waals surface area contributed by atoms with Crippen molar-refractivity contribution < 1.29 is 28.2 Å². The van der Waals surface area contributed by atoms with Gasteiger partial charge < -0.3 is 14.8 Å². The van der Waals surface area contributed by atoms with Crippen LogP contribution in [0.1, 0.15) is 39.2 Å². The molecule has 0 atom stereocenters. The molecule has 8 nitrogen and oxygen atoms in total. The Morgan fingerprint density at radius 3 is 2.17 bits per heavy atom. The first-order chi connectivity index (χ1) is 19.1. The molecular formula is C30H31F3N4O4. The summed E-state index contributed by atoms with van der Waals surface area (Å²) in [5.74, 6) is 0. The van der Waals surface area contributed by atoms with Crippen LogP contribution in [0.3, 0.4) is 0 Å². The Kier molecular flexibility index (Phi) is 6.76. The molecule has 2 heterocycles. The largest absolute Gasteiger partial charge is 0.465 e. The van der Waals surface area contributed by atoms with Gasteiger partial charge in [-0.2, -0.15) is 13.2 Å². The maximum atomic E-state index is 13.4. The van der Waals surface area contributed by atoms with Crippen LogP contribution in [-0.2, 0) is 19.1 Å². The number of benzene rings is 2. The fraction of sp³-hybridized carbons (Fsp3) is 0.367. The molecule has 11 heteroatoms. The van der Waals surface area contributed by atoms with Crippen molar-refractivity contribution >= 4 is 17.1 Å². The highest BCUT2D eigenvalue weighted by atomic mass is 19.4. The van der Waals surface area contributed by atoms with E-state index in [0.717, 1.165) is 11.9 Å². The van der Waals surface area contributed by atoms with E-state index in [9.17, 15) is 33.0 Å². The van der Waals surface area contributed by atoms with E-state index in [1.54, 1.807) is 54.1 Å². The summed E-state index contributed by atoms with van der Waals surface area (Å²) in [4.78, 5) is 31.4. The predicted octanol–water partition coefficient (Wildman–Crippen LogP) is 5.76. The minimum Gasteiger partial charge on any atom is -0.465 e. The average Bonchev–Trinajstić information content (AvgIpc) is 3.16. The van der Waals surface area contributed by atoms with Crippen LogP contribution in [0.4, 0.5) is 18.0 Å². The third-order valence-electron chi connectivity index (χ3n) is 7.70. The number of nitrogens with zero attached hydrogens (tertiary/aromatic N) is 4. The summed E-state index contributed by atoms with van der Waals surface area (Å²) in [6.45, 7) is 3.97. The number of aromatic nitrogens is 3. The third kappa shape index (κ3) is 4.88. The molecule has 0 spiro atoms. The topological polar surface area (TPSA) is 101 Å². The van der Waals surface area contributed by atoms with E-state index in [4.69, 9.17) is 0 Å². The minimum atomic E-state index is -4.60. The van der Waals surface area contributed by atoms with Crippen molar-refractivity contribution in [3.05, 3.63) is 76.8 Å². The van der Waals surface area contributed by atoms with Crippen molar-refractivity contribution in [2.24, 2.45) is 7.05 Å². The monoisotopic (exact) mass is 568 g/mol. The molecule has 2 N–H and O–H groups in total. The van der Waals surface area contributed by atoms with E-state index in [1.165, 1.54) is 4.90 Å². The lowest BCUT2D eigenvalue weighted by Crippen LogP contribution is -2.64. The van der Waals surface area contributed by atoms with Crippen molar-refractivity contribution in [3.8, 4) is 22.4 Å². The summed E-state index contributed by atoms with van der Waals surface area (Å²) in [6, 6.07) is 16.2. The fourth-order valence-corrected chi connectivity index (χ4v) is 6.19. The molecule has 2 aromatic heterocycles. The molecule has 216 valence electrons. The Labute approximate surface area is 234 Å². The molecule has 1 aliphatic rings. The second-order valence-corrected chi connectivity index (χ2v) is 11.6. The zero-order valence-corrected chi connectivity index (χ0v) is 23.1. The van der Waals surface area contributed by atoms with E-state index in [1.807, 2.05) is 32.9 Å².